The molecular weight excluding hydrogens is 405 g/mol. The van der Waals surface area contributed by atoms with Gasteiger partial charge in [0, 0.05) is 42.1 Å². The molecule has 158 valence electrons. The maximum atomic E-state index is 12.9. The molecule has 2 aromatic carbocycles. The number of rotatable bonds is 6. The highest BCUT2D eigenvalue weighted by molar-refractivity contribution is 5.58. The van der Waals surface area contributed by atoms with Gasteiger partial charge in [-0.05, 0) is 48.9 Å². The van der Waals surface area contributed by atoms with E-state index in [4.69, 9.17) is 0 Å². The Morgan fingerprint density at radius 2 is 1.87 bits per heavy atom. The summed E-state index contributed by atoms with van der Waals surface area (Å²) in [5, 5.41) is 6.23. The Balaban J connectivity index is 1.45. The van der Waals surface area contributed by atoms with Crippen LogP contribution in [0.4, 0.5) is 30.6 Å². The first-order valence-corrected chi connectivity index (χ1v) is 9.47. The summed E-state index contributed by atoms with van der Waals surface area (Å²) in [6, 6.07) is 12.9. The Bertz CT molecular complexity index is 1150. The Kier molecular flexibility index (Phi) is 5.57. The molecule has 0 bridgehead atoms. The van der Waals surface area contributed by atoms with Gasteiger partial charge in [-0.3, -0.25) is 0 Å². The van der Waals surface area contributed by atoms with Crippen molar-refractivity contribution in [3.05, 3.63) is 90.1 Å². The van der Waals surface area contributed by atoms with Crippen LogP contribution in [0.5, 0.6) is 0 Å². The third kappa shape index (κ3) is 5.00. The minimum absolute atomic E-state index is 0.209. The van der Waals surface area contributed by atoms with Gasteiger partial charge >= 0.3 is 6.18 Å². The maximum absolute atomic E-state index is 12.9. The lowest BCUT2D eigenvalue weighted by atomic mass is 10.1. The van der Waals surface area contributed by atoms with Crippen LogP contribution in [0.2, 0.25) is 0 Å². The van der Waals surface area contributed by atoms with Crippen molar-refractivity contribution in [3.8, 4) is 5.69 Å². The van der Waals surface area contributed by atoms with E-state index < -0.39 is 11.7 Å². The zero-order valence-electron chi connectivity index (χ0n) is 16.6. The minimum Gasteiger partial charge on any atom is -0.366 e. The highest BCUT2D eigenvalue weighted by Crippen LogP contribution is 2.29. The Labute approximate surface area is 176 Å². The van der Waals surface area contributed by atoms with Gasteiger partial charge in [-0.2, -0.15) is 18.2 Å². The van der Waals surface area contributed by atoms with Gasteiger partial charge in [0.2, 0.25) is 5.95 Å². The molecular formula is C22H19F3N6. The van der Waals surface area contributed by atoms with Crippen LogP contribution in [0, 0.1) is 6.92 Å². The summed E-state index contributed by atoms with van der Waals surface area (Å²) in [5.41, 5.74) is 2.39. The van der Waals surface area contributed by atoms with Gasteiger partial charge < -0.3 is 15.2 Å². The molecule has 0 fully saturated rings. The second-order valence-corrected chi connectivity index (χ2v) is 6.92. The number of hydrogen-bond acceptors (Lipinski definition) is 5. The van der Waals surface area contributed by atoms with Gasteiger partial charge in [-0.15, -0.1) is 0 Å². The molecule has 9 heteroatoms. The number of halogens is 3. The second-order valence-electron chi connectivity index (χ2n) is 6.92. The number of anilines is 3. The summed E-state index contributed by atoms with van der Waals surface area (Å²) >= 11 is 0. The van der Waals surface area contributed by atoms with Crippen LogP contribution < -0.4 is 10.6 Å². The fraction of sp³-hybridized carbons (Fsp3) is 0.136. The van der Waals surface area contributed by atoms with Crippen LogP contribution in [-0.4, -0.2) is 19.5 Å². The van der Waals surface area contributed by atoms with Crippen molar-refractivity contribution in [2.75, 3.05) is 10.6 Å². The predicted octanol–water partition coefficient (Wildman–Crippen LogP) is 5.35. The Morgan fingerprint density at radius 1 is 1.06 bits per heavy atom. The van der Waals surface area contributed by atoms with Crippen molar-refractivity contribution >= 4 is 17.5 Å². The number of benzene rings is 2. The molecule has 0 atom stereocenters. The van der Waals surface area contributed by atoms with Crippen LogP contribution >= 0.6 is 0 Å². The molecule has 0 saturated heterocycles. The number of hydrogen-bond donors (Lipinski definition) is 2. The SMILES string of the molecule is Cc1cnc(Nc2ccc(-n3ccnc3)cc2)nc1NCc1cccc(C(F)(F)F)c1. The van der Waals surface area contributed by atoms with Crippen LogP contribution in [0.1, 0.15) is 16.7 Å². The van der Waals surface area contributed by atoms with E-state index in [0.717, 1.165) is 29.1 Å². The van der Waals surface area contributed by atoms with E-state index in [1.807, 2.05) is 42.0 Å². The van der Waals surface area contributed by atoms with Gasteiger partial charge in [0.15, 0.2) is 0 Å². The van der Waals surface area contributed by atoms with Crippen LogP contribution in [0.25, 0.3) is 5.69 Å². The monoisotopic (exact) mass is 424 g/mol. The minimum atomic E-state index is -4.37. The van der Waals surface area contributed by atoms with E-state index in [1.54, 1.807) is 24.8 Å². The number of nitrogens with zero attached hydrogens (tertiary/aromatic N) is 4. The average molecular weight is 424 g/mol. The Morgan fingerprint density at radius 3 is 2.58 bits per heavy atom. The summed E-state index contributed by atoms with van der Waals surface area (Å²) in [4.78, 5) is 12.8. The van der Waals surface area contributed by atoms with Crippen molar-refractivity contribution in [1.82, 2.24) is 19.5 Å². The quantitative estimate of drug-likeness (QED) is 0.437. The first-order valence-electron chi connectivity index (χ1n) is 9.47. The van der Waals surface area contributed by atoms with Crippen molar-refractivity contribution in [3.63, 3.8) is 0 Å². The molecule has 0 amide bonds. The Hall–Kier alpha value is -3.88. The van der Waals surface area contributed by atoms with Crippen molar-refractivity contribution in [2.45, 2.75) is 19.6 Å². The van der Waals surface area contributed by atoms with Crippen molar-refractivity contribution in [2.24, 2.45) is 0 Å². The molecule has 6 nitrogen and oxygen atoms in total. The zero-order valence-corrected chi connectivity index (χ0v) is 16.6. The summed E-state index contributed by atoms with van der Waals surface area (Å²) in [5.74, 6) is 0.928. The summed E-state index contributed by atoms with van der Waals surface area (Å²) in [6.45, 7) is 2.04. The summed E-state index contributed by atoms with van der Waals surface area (Å²) in [7, 11) is 0. The lowest BCUT2D eigenvalue weighted by Crippen LogP contribution is -2.09. The highest BCUT2D eigenvalue weighted by Gasteiger charge is 2.30. The molecule has 0 saturated carbocycles. The van der Waals surface area contributed by atoms with E-state index in [2.05, 4.69) is 25.6 Å². The molecule has 0 spiro atoms. The zero-order chi connectivity index (χ0) is 21.8. The first kappa shape index (κ1) is 20.4. The molecule has 0 aliphatic rings. The van der Waals surface area contributed by atoms with Gasteiger partial charge in [-0.1, -0.05) is 12.1 Å². The van der Waals surface area contributed by atoms with Crippen LogP contribution in [-0.2, 0) is 12.7 Å². The van der Waals surface area contributed by atoms with Gasteiger partial charge in [-0.25, -0.2) is 9.97 Å². The molecule has 31 heavy (non-hydrogen) atoms. The molecule has 0 radical (unpaired) electrons. The number of aromatic nitrogens is 4. The fourth-order valence-electron chi connectivity index (χ4n) is 2.98. The molecule has 2 N–H and O–H groups in total. The van der Waals surface area contributed by atoms with Crippen molar-refractivity contribution < 1.29 is 13.2 Å². The standard InChI is InChI=1S/C22H19F3N6/c1-15-12-28-21(29-18-5-7-19(8-6-18)31-10-9-26-14-31)30-20(15)27-13-16-3-2-4-17(11-16)22(23,24)25/h2-12,14H,13H2,1H3,(H2,27,28,29,30). The van der Waals surface area contributed by atoms with E-state index in [9.17, 15) is 13.2 Å². The molecule has 0 aliphatic carbocycles. The molecule has 2 aromatic heterocycles. The average Bonchev–Trinajstić information content (AvgIpc) is 3.29. The maximum Gasteiger partial charge on any atom is 0.416 e. The molecule has 4 rings (SSSR count). The summed E-state index contributed by atoms with van der Waals surface area (Å²) < 4.78 is 40.6. The second kappa shape index (κ2) is 8.47. The summed E-state index contributed by atoms with van der Waals surface area (Å²) in [6.07, 6.45) is 2.57. The first-order chi connectivity index (χ1) is 14.9. The van der Waals surface area contributed by atoms with E-state index in [1.165, 1.54) is 6.07 Å². The number of imidazole rings is 1. The number of aryl methyl sites for hydroxylation is 1. The largest absolute Gasteiger partial charge is 0.416 e. The van der Waals surface area contributed by atoms with E-state index in [0.29, 0.717) is 17.3 Å². The molecule has 2 heterocycles. The predicted molar refractivity (Wildman–Crippen MR) is 112 cm³/mol. The number of nitrogens with one attached hydrogen (secondary N) is 2. The van der Waals surface area contributed by atoms with Gasteiger partial charge in [0.05, 0.1) is 11.9 Å². The highest BCUT2D eigenvalue weighted by atomic mass is 19.4. The number of alkyl halides is 3. The topological polar surface area (TPSA) is 67.7 Å². The smallest absolute Gasteiger partial charge is 0.366 e. The molecule has 0 unspecified atom stereocenters. The van der Waals surface area contributed by atoms with Gasteiger partial charge in [0.1, 0.15) is 5.82 Å². The van der Waals surface area contributed by atoms with E-state index in [-0.39, 0.29) is 6.54 Å². The lowest BCUT2D eigenvalue weighted by molar-refractivity contribution is -0.137. The van der Waals surface area contributed by atoms with Crippen LogP contribution in [0.15, 0.2) is 73.4 Å². The van der Waals surface area contributed by atoms with Crippen LogP contribution in [0.3, 0.4) is 0 Å². The third-order valence-electron chi connectivity index (χ3n) is 4.61. The normalized spacial score (nSPS) is 11.4. The van der Waals surface area contributed by atoms with Gasteiger partial charge in [0.25, 0.3) is 0 Å². The molecule has 4 aromatic rings. The molecule has 0 aliphatic heterocycles. The van der Waals surface area contributed by atoms with Crippen molar-refractivity contribution in [1.29, 1.82) is 0 Å². The fourth-order valence-corrected chi connectivity index (χ4v) is 2.98. The van der Waals surface area contributed by atoms with E-state index >= 15 is 0 Å². The lowest BCUT2D eigenvalue weighted by Gasteiger charge is -2.13. The third-order valence-corrected chi connectivity index (χ3v) is 4.61.